The lowest BCUT2D eigenvalue weighted by atomic mass is 9.98. The van der Waals surface area contributed by atoms with Crippen LogP contribution < -0.4 is 4.72 Å². The first-order chi connectivity index (χ1) is 9.03. The van der Waals surface area contributed by atoms with Gasteiger partial charge in [0.2, 0.25) is 0 Å². The summed E-state index contributed by atoms with van der Waals surface area (Å²) in [6, 6.07) is 0. The molecule has 2 rings (SSSR count). The van der Waals surface area contributed by atoms with Crippen LogP contribution in [0, 0.1) is 5.92 Å². The lowest BCUT2D eigenvalue weighted by Gasteiger charge is -2.28. The van der Waals surface area contributed by atoms with Gasteiger partial charge in [0.25, 0.3) is 10.0 Å². The zero-order chi connectivity index (χ0) is 13.9. The fraction of sp³-hybridized carbons (Fsp3) is 0.727. The van der Waals surface area contributed by atoms with Crippen molar-refractivity contribution >= 4 is 10.0 Å². The van der Waals surface area contributed by atoms with Gasteiger partial charge in [-0.1, -0.05) is 0 Å². The zero-order valence-corrected chi connectivity index (χ0v) is 11.8. The first-order valence-electron chi connectivity index (χ1n) is 6.34. The monoisotopic (exact) mass is 288 g/mol. The van der Waals surface area contributed by atoms with Crippen molar-refractivity contribution < 1.29 is 13.5 Å². The summed E-state index contributed by atoms with van der Waals surface area (Å²) in [5.74, 6) is 0.367. The molecule has 0 spiro atoms. The number of hydrogen-bond acceptors (Lipinski definition) is 5. The molecule has 0 radical (unpaired) electrons. The van der Waals surface area contributed by atoms with Crippen molar-refractivity contribution in [2.24, 2.45) is 5.92 Å². The minimum atomic E-state index is -3.61. The van der Waals surface area contributed by atoms with E-state index in [9.17, 15) is 8.42 Å². The highest BCUT2D eigenvalue weighted by Gasteiger charge is 2.23. The molecule has 1 saturated heterocycles. The number of likely N-dealkylation sites (tertiary alicyclic amines) is 1. The number of aliphatic hydroxyl groups excluding tert-OH is 1. The largest absolute Gasteiger partial charge is 0.392 e. The van der Waals surface area contributed by atoms with Crippen LogP contribution in [0.1, 0.15) is 18.4 Å². The topological polar surface area (TPSA) is 98.3 Å². The van der Waals surface area contributed by atoms with E-state index in [4.69, 9.17) is 5.11 Å². The second-order valence-corrected chi connectivity index (χ2v) is 6.68. The molecule has 1 aliphatic heterocycles. The number of aliphatic hydroxyl groups is 1. The summed E-state index contributed by atoms with van der Waals surface area (Å²) >= 11 is 0. The molecule has 0 atom stereocenters. The van der Waals surface area contributed by atoms with E-state index in [1.807, 2.05) is 0 Å². The van der Waals surface area contributed by atoms with Crippen LogP contribution in [0.25, 0.3) is 0 Å². The maximum Gasteiger partial charge on any atom is 0.257 e. The van der Waals surface area contributed by atoms with E-state index in [-0.39, 0.29) is 17.2 Å². The van der Waals surface area contributed by atoms with Crippen molar-refractivity contribution in [1.82, 2.24) is 19.8 Å². The van der Waals surface area contributed by atoms with Gasteiger partial charge in [-0.25, -0.2) is 13.1 Å². The van der Waals surface area contributed by atoms with E-state index in [2.05, 4.69) is 26.9 Å². The summed E-state index contributed by atoms with van der Waals surface area (Å²) in [7, 11) is -1.55. The molecule has 1 aromatic heterocycles. The van der Waals surface area contributed by atoms with Gasteiger partial charge >= 0.3 is 0 Å². The van der Waals surface area contributed by atoms with Crippen LogP contribution >= 0.6 is 0 Å². The van der Waals surface area contributed by atoms with Gasteiger partial charge in [-0.2, -0.15) is 5.10 Å². The van der Waals surface area contributed by atoms with Gasteiger partial charge in [0.15, 0.2) is 5.03 Å². The molecule has 108 valence electrons. The lowest BCUT2D eigenvalue weighted by molar-refractivity contribution is 0.220. The number of H-pyrrole nitrogens is 1. The molecular formula is C11H20N4O3S. The molecular weight excluding hydrogens is 268 g/mol. The summed E-state index contributed by atoms with van der Waals surface area (Å²) in [5, 5.41) is 15.1. The number of aromatic nitrogens is 2. The predicted octanol–water partition coefficient (Wildman–Crippen LogP) is -0.478. The third-order valence-corrected chi connectivity index (χ3v) is 4.96. The number of aromatic amines is 1. The Morgan fingerprint density at radius 3 is 2.84 bits per heavy atom. The van der Waals surface area contributed by atoms with E-state index >= 15 is 0 Å². The second-order valence-electron chi connectivity index (χ2n) is 4.98. The highest BCUT2D eigenvalue weighted by Crippen LogP contribution is 2.17. The number of piperidine rings is 1. The van der Waals surface area contributed by atoms with E-state index in [0.29, 0.717) is 12.5 Å². The maximum absolute atomic E-state index is 12.1. The quantitative estimate of drug-likeness (QED) is 0.680. The SMILES string of the molecule is CN1CCC(CNS(=O)(=O)c2[nH]ncc2CO)CC1. The van der Waals surface area contributed by atoms with Crippen LogP contribution in [0.3, 0.4) is 0 Å². The van der Waals surface area contributed by atoms with Crippen LogP contribution in [0.15, 0.2) is 11.2 Å². The Morgan fingerprint density at radius 1 is 1.53 bits per heavy atom. The third-order valence-electron chi connectivity index (χ3n) is 3.52. The molecule has 1 aromatic rings. The molecule has 0 aliphatic carbocycles. The maximum atomic E-state index is 12.1. The number of hydrogen-bond donors (Lipinski definition) is 3. The Labute approximate surface area is 113 Å². The molecule has 1 fully saturated rings. The minimum Gasteiger partial charge on any atom is -0.392 e. The number of sulfonamides is 1. The normalized spacial score (nSPS) is 18.8. The van der Waals surface area contributed by atoms with Crippen molar-refractivity contribution in [2.75, 3.05) is 26.7 Å². The lowest BCUT2D eigenvalue weighted by Crippen LogP contribution is -2.37. The molecule has 8 heteroatoms. The molecule has 0 saturated carbocycles. The molecule has 1 aliphatic rings. The minimum absolute atomic E-state index is 0.0390. The number of nitrogens with zero attached hydrogens (tertiary/aromatic N) is 2. The molecule has 7 nitrogen and oxygen atoms in total. The molecule has 0 amide bonds. The van der Waals surface area contributed by atoms with Crippen LogP contribution in [0.5, 0.6) is 0 Å². The number of rotatable bonds is 5. The van der Waals surface area contributed by atoms with Crippen molar-refractivity contribution in [3.05, 3.63) is 11.8 Å². The fourth-order valence-electron chi connectivity index (χ4n) is 2.21. The van der Waals surface area contributed by atoms with Gasteiger partial charge in [0.1, 0.15) is 0 Å². The van der Waals surface area contributed by atoms with E-state index < -0.39 is 10.0 Å². The molecule has 0 unspecified atom stereocenters. The van der Waals surface area contributed by atoms with Gasteiger partial charge in [0.05, 0.1) is 12.8 Å². The highest BCUT2D eigenvalue weighted by atomic mass is 32.2. The Morgan fingerprint density at radius 2 is 2.21 bits per heavy atom. The summed E-state index contributed by atoms with van der Waals surface area (Å²) in [6.07, 6.45) is 3.31. The number of nitrogens with one attached hydrogen (secondary N) is 2. The zero-order valence-electron chi connectivity index (χ0n) is 11.0. The first-order valence-corrected chi connectivity index (χ1v) is 7.82. The molecule has 19 heavy (non-hydrogen) atoms. The average Bonchev–Trinajstić information content (AvgIpc) is 2.87. The Kier molecular flexibility index (Phi) is 4.56. The Hall–Kier alpha value is -0.960. The third kappa shape index (κ3) is 3.53. The van der Waals surface area contributed by atoms with Crippen LogP contribution in [0.4, 0.5) is 0 Å². The van der Waals surface area contributed by atoms with Crippen molar-refractivity contribution in [2.45, 2.75) is 24.5 Å². The van der Waals surface area contributed by atoms with E-state index in [1.165, 1.54) is 6.20 Å². The summed E-state index contributed by atoms with van der Waals surface area (Å²) < 4.78 is 26.7. The first kappa shape index (κ1) is 14.4. The van der Waals surface area contributed by atoms with E-state index in [1.54, 1.807) is 0 Å². The molecule has 0 aromatic carbocycles. The molecule has 2 heterocycles. The Balaban J connectivity index is 1.95. The van der Waals surface area contributed by atoms with Crippen molar-refractivity contribution in [3.63, 3.8) is 0 Å². The van der Waals surface area contributed by atoms with Crippen molar-refractivity contribution in [1.29, 1.82) is 0 Å². The standard InChI is InChI=1S/C11H20N4O3S/c1-15-4-2-9(3-5-15)6-13-19(17,18)11-10(8-16)7-12-14-11/h7,9,13,16H,2-6,8H2,1H3,(H,12,14). The van der Waals surface area contributed by atoms with Gasteiger partial charge in [0, 0.05) is 12.1 Å². The summed E-state index contributed by atoms with van der Waals surface area (Å²) in [4.78, 5) is 2.24. The van der Waals surface area contributed by atoms with Crippen LogP contribution in [0.2, 0.25) is 0 Å². The highest BCUT2D eigenvalue weighted by molar-refractivity contribution is 7.89. The van der Waals surface area contributed by atoms with Gasteiger partial charge < -0.3 is 10.0 Å². The van der Waals surface area contributed by atoms with Gasteiger partial charge in [-0.15, -0.1) is 0 Å². The van der Waals surface area contributed by atoms with Gasteiger partial charge in [-0.05, 0) is 38.9 Å². The van der Waals surface area contributed by atoms with Crippen LogP contribution in [-0.2, 0) is 16.6 Å². The van der Waals surface area contributed by atoms with Crippen LogP contribution in [-0.4, -0.2) is 55.3 Å². The molecule has 3 N–H and O–H groups in total. The summed E-state index contributed by atoms with van der Waals surface area (Å²) in [6.45, 7) is 2.08. The average molecular weight is 288 g/mol. The smallest absolute Gasteiger partial charge is 0.257 e. The summed E-state index contributed by atoms with van der Waals surface area (Å²) in [5.41, 5.74) is 0.288. The molecule has 0 bridgehead atoms. The predicted molar refractivity (Wildman–Crippen MR) is 69.9 cm³/mol. The van der Waals surface area contributed by atoms with Crippen molar-refractivity contribution in [3.8, 4) is 0 Å². The van der Waals surface area contributed by atoms with E-state index in [0.717, 1.165) is 25.9 Å². The Bertz CT molecular complexity index is 506. The van der Waals surface area contributed by atoms with Gasteiger partial charge in [-0.3, -0.25) is 5.10 Å². The fourth-order valence-corrected chi connectivity index (χ4v) is 3.45. The second kappa shape index (κ2) is 6.00.